The second-order valence-corrected chi connectivity index (χ2v) is 3.39. The van der Waals surface area contributed by atoms with Crippen LogP contribution < -0.4 is 11.2 Å². The highest BCUT2D eigenvalue weighted by Gasteiger charge is 2.01. The van der Waals surface area contributed by atoms with E-state index in [0.717, 1.165) is 11.4 Å². The van der Waals surface area contributed by atoms with Crippen LogP contribution in [-0.4, -0.2) is 14.6 Å². The lowest BCUT2D eigenvalue weighted by Gasteiger charge is -2.11. The van der Waals surface area contributed by atoms with E-state index in [0.29, 0.717) is 11.6 Å². The number of anilines is 2. The molecule has 0 saturated carbocycles. The summed E-state index contributed by atoms with van der Waals surface area (Å²) in [5, 5.41) is 0. The van der Waals surface area contributed by atoms with Gasteiger partial charge in [-0.3, -0.25) is 10.1 Å². The molecular weight excluding hydrogens is 190 g/mol. The van der Waals surface area contributed by atoms with Gasteiger partial charge in [-0.15, -0.1) is 0 Å². The van der Waals surface area contributed by atoms with Crippen LogP contribution in [0.3, 0.4) is 0 Å². The predicted octanol–water partition coefficient (Wildman–Crippen LogP) is 1.35. The van der Waals surface area contributed by atoms with Crippen molar-refractivity contribution in [3.63, 3.8) is 0 Å². The largest absolute Gasteiger partial charge is 0.384 e. The lowest BCUT2D eigenvalue weighted by molar-refractivity contribution is 0.868. The minimum atomic E-state index is 0.454. The number of rotatable bonds is 2. The van der Waals surface area contributed by atoms with Crippen LogP contribution in [-0.2, 0) is 0 Å². The van der Waals surface area contributed by atoms with Crippen molar-refractivity contribution in [3.05, 3.63) is 35.9 Å². The number of nitrogens with two attached hydrogens (primary N) is 1. The molecule has 0 atom stereocenters. The van der Waals surface area contributed by atoms with Crippen LogP contribution in [0.5, 0.6) is 0 Å². The Balaban J connectivity index is 2.29. The molecule has 0 fully saturated rings. The smallest absolute Gasteiger partial charge is 0.150 e. The molecule has 0 aromatic carbocycles. The molecule has 0 aliphatic rings. The summed E-state index contributed by atoms with van der Waals surface area (Å²) in [4.78, 5) is 7.90. The van der Waals surface area contributed by atoms with Crippen molar-refractivity contribution in [3.8, 4) is 0 Å². The molecule has 0 spiro atoms. The molecule has 0 aliphatic heterocycles. The van der Waals surface area contributed by atoms with Gasteiger partial charge in [0.05, 0.1) is 0 Å². The van der Waals surface area contributed by atoms with E-state index in [1.165, 1.54) is 6.33 Å². The lowest BCUT2D eigenvalue weighted by Crippen LogP contribution is -2.13. The second kappa shape index (κ2) is 3.61. The van der Waals surface area contributed by atoms with Crippen LogP contribution in [0.4, 0.5) is 11.6 Å². The summed E-state index contributed by atoms with van der Waals surface area (Å²) in [6.45, 7) is 4.04. The number of hydrogen-bond donors (Lipinski definition) is 2. The van der Waals surface area contributed by atoms with Crippen molar-refractivity contribution in [2.75, 3.05) is 11.2 Å². The molecule has 2 aromatic rings. The third-order valence-corrected chi connectivity index (χ3v) is 2.19. The fourth-order valence-corrected chi connectivity index (χ4v) is 1.39. The highest BCUT2D eigenvalue weighted by Crippen LogP contribution is 2.10. The third kappa shape index (κ3) is 1.90. The first-order valence-corrected chi connectivity index (χ1v) is 4.66. The Morgan fingerprint density at radius 1 is 1.20 bits per heavy atom. The Kier molecular flexibility index (Phi) is 2.29. The minimum absolute atomic E-state index is 0.454. The Morgan fingerprint density at radius 2 is 1.87 bits per heavy atom. The van der Waals surface area contributed by atoms with E-state index >= 15 is 0 Å². The fraction of sp³-hybridized carbons (Fsp3) is 0.200. The number of hydrogen-bond acceptors (Lipinski definition) is 4. The van der Waals surface area contributed by atoms with Crippen molar-refractivity contribution in [1.82, 2.24) is 14.6 Å². The van der Waals surface area contributed by atoms with Gasteiger partial charge in [-0.1, -0.05) is 0 Å². The standard InChI is InChI=1S/C10H13N5/c1-7-3-4-8(2)15(7)14-10-5-9(11)12-6-13-10/h3-6H,1-2H3,(H3,11,12,13,14). The van der Waals surface area contributed by atoms with Gasteiger partial charge < -0.3 is 5.73 Å². The van der Waals surface area contributed by atoms with Crippen molar-refractivity contribution in [1.29, 1.82) is 0 Å². The van der Waals surface area contributed by atoms with Crippen LogP contribution in [0.1, 0.15) is 11.4 Å². The van der Waals surface area contributed by atoms with E-state index in [1.807, 2.05) is 30.7 Å². The molecule has 5 heteroatoms. The molecule has 15 heavy (non-hydrogen) atoms. The van der Waals surface area contributed by atoms with Crippen LogP contribution in [0.15, 0.2) is 24.5 Å². The first kappa shape index (κ1) is 9.51. The summed E-state index contributed by atoms with van der Waals surface area (Å²) in [6, 6.07) is 5.76. The van der Waals surface area contributed by atoms with Gasteiger partial charge in [0.1, 0.15) is 18.0 Å². The number of aromatic nitrogens is 3. The third-order valence-electron chi connectivity index (χ3n) is 2.19. The first-order chi connectivity index (χ1) is 7.16. The summed E-state index contributed by atoms with van der Waals surface area (Å²) in [6.07, 6.45) is 1.44. The zero-order chi connectivity index (χ0) is 10.8. The van der Waals surface area contributed by atoms with Crippen molar-refractivity contribution in [2.45, 2.75) is 13.8 Å². The van der Waals surface area contributed by atoms with Gasteiger partial charge in [0.15, 0.2) is 0 Å². The Bertz CT molecular complexity index is 455. The van der Waals surface area contributed by atoms with Gasteiger partial charge >= 0.3 is 0 Å². The Hall–Kier alpha value is -2.04. The first-order valence-electron chi connectivity index (χ1n) is 4.66. The molecule has 0 unspecified atom stereocenters. The summed E-state index contributed by atoms with van der Waals surface area (Å²) in [5.74, 6) is 1.14. The minimum Gasteiger partial charge on any atom is -0.384 e. The molecule has 0 amide bonds. The zero-order valence-electron chi connectivity index (χ0n) is 8.73. The Labute approximate surface area is 87.9 Å². The topological polar surface area (TPSA) is 68.8 Å². The molecule has 0 saturated heterocycles. The summed E-state index contributed by atoms with van der Waals surface area (Å²) < 4.78 is 1.95. The highest BCUT2D eigenvalue weighted by atomic mass is 15.4. The van der Waals surface area contributed by atoms with E-state index in [1.54, 1.807) is 6.07 Å². The van der Waals surface area contributed by atoms with E-state index < -0.39 is 0 Å². The molecule has 2 aromatic heterocycles. The van der Waals surface area contributed by atoms with Gasteiger partial charge in [0.2, 0.25) is 0 Å². The predicted molar refractivity (Wildman–Crippen MR) is 59.4 cm³/mol. The normalized spacial score (nSPS) is 10.3. The average Bonchev–Trinajstić information content (AvgIpc) is 2.50. The maximum atomic E-state index is 5.56. The number of nitrogens with zero attached hydrogens (tertiary/aromatic N) is 3. The van der Waals surface area contributed by atoms with Gasteiger partial charge in [0, 0.05) is 17.5 Å². The Morgan fingerprint density at radius 3 is 2.47 bits per heavy atom. The zero-order valence-corrected chi connectivity index (χ0v) is 8.73. The van der Waals surface area contributed by atoms with Gasteiger partial charge in [-0.05, 0) is 26.0 Å². The number of nitrogens with one attached hydrogen (secondary N) is 1. The molecule has 78 valence electrons. The summed E-state index contributed by atoms with van der Waals surface area (Å²) >= 11 is 0. The highest BCUT2D eigenvalue weighted by molar-refractivity contribution is 5.43. The maximum Gasteiger partial charge on any atom is 0.150 e. The molecule has 0 aliphatic carbocycles. The summed E-state index contributed by atoms with van der Waals surface area (Å²) in [5.41, 5.74) is 10.9. The molecule has 0 bridgehead atoms. The number of nitrogen functional groups attached to an aromatic ring is 1. The van der Waals surface area contributed by atoms with Crippen LogP contribution in [0, 0.1) is 13.8 Å². The van der Waals surface area contributed by atoms with E-state index in [-0.39, 0.29) is 0 Å². The van der Waals surface area contributed by atoms with Crippen molar-refractivity contribution in [2.24, 2.45) is 0 Å². The molecule has 0 radical (unpaired) electrons. The van der Waals surface area contributed by atoms with Gasteiger partial charge in [-0.25, -0.2) is 9.97 Å². The second-order valence-electron chi connectivity index (χ2n) is 3.39. The van der Waals surface area contributed by atoms with Crippen LogP contribution in [0.2, 0.25) is 0 Å². The molecular formula is C10H13N5. The fourth-order valence-electron chi connectivity index (χ4n) is 1.39. The van der Waals surface area contributed by atoms with Gasteiger partial charge in [-0.2, -0.15) is 0 Å². The maximum absolute atomic E-state index is 5.56. The monoisotopic (exact) mass is 203 g/mol. The van der Waals surface area contributed by atoms with E-state index in [9.17, 15) is 0 Å². The quantitative estimate of drug-likeness (QED) is 0.773. The molecule has 5 nitrogen and oxygen atoms in total. The van der Waals surface area contributed by atoms with Crippen molar-refractivity contribution >= 4 is 11.6 Å². The number of aryl methyl sites for hydroxylation is 2. The van der Waals surface area contributed by atoms with E-state index in [4.69, 9.17) is 5.73 Å². The van der Waals surface area contributed by atoms with Gasteiger partial charge in [0.25, 0.3) is 0 Å². The molecule has 2 heterocycles. The average molecular weight is 203 g/mol. The molecule has 2 rings (SSSR count). The summed E-state index contributed by atoms with van der Waals surface area (Å²) in [7, 11) is 0. The van der Waals surface area contributed by atoms with Crippen molar-refractivity contribution < 1.29 is 0 Å². The van der Waals surface area contributed by atoms with Crippen LogP contribution in [0.25, 0.3) is 0 Å². The van der Waals surface area contributed by atoms with Crippen LogP contribution >= 0.6 is 0 Å². The van der Waals surface area contributed by atoms with E-state index in [2.05, 4.69) is 15.4 Å². The molecule has 3 N–H and O–H groups in total. The SMILES string of the molecule is Cc1ccc(C)n1Nc1cc(N)ncn1. The lowest BCUT2D eigenvalue weighted by atomic mass is 10.5.